The third kappa shape index (κ3) is 4.95. The molecule has 0 atom stereocenters. The van der Waals surface area contributed by atoms with E-state index in [0.29, 0.717) is 24.5 Å². The summed E-state index contributed by atoms with van der Waals surface area (Å²) in [4.78, 5) is 11.1. The monoisotopic (exact) mass is 490 g/mol. The van der Waals surface area contributed by atoms with Crippen molar-refractivity contribution in [3.05, 3.63) is 94.2 Å². The number of phenols is 1. The lowest BCUT2D eigenvalue weighted by atomic mass is 9.88. The van der Waals surface area contributed by atoms with Crippen molar-refractivity contribution in [2.24, 2.45) is 0 Å². The third-order valence-electron chi connectivity index (χ3n) is 6.53. The minimum absolute atomic E-state index is 0.277. The zero-order valence-corrected chi connectivity index (χ0v) is 20.5. The van der Waals surface area contributed by atoms with Gasteiger partial charge < -0.3 is 14.4 Å². The Hall–Kier alpha value is -3.22. The predicted octanol–water partition coefficient (Wildman–Crippen LogP) is 6.18. The molecule has 5 nitrogen and oxygen atoms in total. The van der Waals surface area contributed by atoms with Gasteiger partial charge in [-0.1, -0.05) is 17.7 Å². The van der Waals surface area contributed by atoms with Crippen molar-refractivity contribution < 1.29 is 9.50 Å². The Balaban J connectivity index is 1.64. The second kappa shape index (κ2) is 10.2. The summed E-state index contributed by atoms with van der Waals surface area (Å²) in [5.74, 6) is 0.277. The van der Waals surface area contributed by atoms with Gasteiger partial charge in [0.1, 0.15) is 11.4 Å². The Morgan fingerprint density at radius 3 is 2.86 bits per heavy atom. The summed E-state index contributed by atoms with van der Waals surface area (Å²) >= 11 is 6.62. The number of alkyl halides is 1. The first-order chi connectivity index (χ1) is 17.0. The van der Waals surface area contributed by atoms with Gasteiger partial charge in [-0.2, -0.15) is 0 Å². The fraction of sp³-hybridized carbons (Fsp3) is 0.286. The number of halogens is 2. The molecule has 0 spiro atoms. The number of phenolic OH excluding ortho intramolecular Hbond substituents is 1. The van der Waals surface area contributed by atoms with Gasteiger partial charge in [-0.05, 0) is 96.5 Å². The van der Waals surface area contributed by atoms with Crippen LogP contribution in [-0.2, 0) is 13.0 Å². The van der Waals surface area contributed by atoms with Crippen molar-refractivity contribution in [2.45, 2.75) is 32.2 Å². The Labute approximate surface area is 209 Å². The van der Waals surface area contributed by atoms with Crippen LogP contribution in [0.25, 0.3) is 16.8 Å². The lowest BCUT2D eigenvalue weighted by molar-refractivity contribution is 0.300. The van der Waals surface area contributed by atoms with Crippen LogP contribution in [0.15, 0.2) is 61.2 Å². The second-order valence-corrected chi connectivity index (χ2v) is 9.50. The van der Waals surface area contributed by atoms with E-state index in [1.54, 1.807) is 18.5 Å². The summed E-state index contributed by atoms with van der Waals surface area (Å²) < 4.78 is 14.6. The van der Waals surface area contributed by atoms with E-state index < -0.39 is 0 Å². The van der Waals surface area contributed by atoms with Gasteiger partial charge >= 0.3 is 0 Å². The molecule has 5 rings (SSSR count). The molecule has 0 aliphatic heterocycles. The number of aromatic hydroxyl groups is 1. The number of allylic oxidation sites excluding steroid dienone is 1. The van der Waals surface area contributed by atoms with Crippen LogP contribution in [-0.4, -0.2) is 44.6 Å². The van der Waals surface area contributed by atoms with Gasteiger partial charge in [0, 0.05) is 37.9 Å². The van der Waals surface area contributed by atoms with Gasteiger partial charge in [0.05, 0.1) is 17.4 Å². The SMILES string of the molecule is CN(CCCF)Cc1cn2ccc(C3=C(c4ccncc4Cl)CCCc4cc(O)ccc43)cc2n1. The molecule has 0 radical (unpaired) electrons. The van der Waals surface area contributed by atoms with E-state index in [9.17, 15) is 9.50 Å². The number of hydrogen-bond acceptors (Lipinski definition) is 4. The third-order valence-corrected chi connectivity index (χ3v) is 6.84. The van der Waals surface area contributed by atoms with Crippen molar-refractivity contribution >= 4 is 28.4 Å². The first kappa shape index (κ1) is 23.5. The molecule has 1 aliphatic carbocycles. The Morgan fingerprint density at radius 2 is 2.03 bits per heavy atom. The molecule has 180 valence electrons. The molecule has 0 amide bonds. The molecule has 4 aromatic rings. The smallest absolute Gasteiger partial charge is 0.137 e. The van der Waals surface area contributed by atoms with Crippen molar-refractivity contribution in [1.82, 2.24) is 19.3 Å². The summed E-state index contributed by atoms with van der Waals surface area (Å²) in [6, 6.07) is 11.8. The molecule has 1 aliphatic rings. The number of aryl methyl sites for hydroxylation is 1. The number of pyridine rings is 2. The Kier molecular flexibility index (Phi) is 6.84. The summed E-state index contributed by atoms with van der Waals surface area (Å²) in [5.41, 5.74) is 8.34. The zero-order chi connectivity index (χ0) is 24.4. The predicted molar refractivity (Wildman–Crippen MR) is 138 cm³/mol. The Bertz CT molecular complexity index is 1400. The van der Waals surface area contributed by atoms with Crippen LogP contribution in [0, 0.1) is 0 Å². The van der Waals surface area contributed by atoms with E-state index in [1.165, 1.54) is 5.57 Å². The lowest BCUT2D eigenvalue weighted by Crippen LogP contribution is -2.19. The van der Waals surface area contributed by atoms with E-state index in [-0.39, 0.29) is 12.4 Å². The van der Waals surface area contributed by atoms with Gasteiger partial charge in [-0.3, -0.25) is 9.37 Å². The highest BCUT2D eigenvalue weighted by molar-refractivity contribution is 6.32. The molecule has 3 aromatic heterocycles. The number of imidazole rings is 1. The second-order valence-electron chi connectivity index (χ2n) is 9.10. The molecular formula is C28H28ClFN4O. The quantitative estimate of drug-likeness (QED) is 0.336. The Morgan fingerprint density at radius 1 is 1.14 bits per heavy atom. The van der Waals surface area contributed by atoms with Crippen LogP contribution < -0.4 is 0 Å². The van der Waals surface area contributed by atoms with Crippen LogP contribution in [0.4, 0.5) is 4.39 Å². The topological polar surface area (TPSA) is 53.7 Å². The van der Waals surface area contributed by atoms with Crippen LogP contribution >= 0.6 is 11.6 Å². The maximum absolute atomic E-state index is 12.5. The molecule has 0 saturated carbocycles. The highest BCUT2D eigenvalue weighted by Crippen LogP contribution is 2.42. The van der Waals surface area contributed by atoms with Gasteiger partial charge in [0.25, 0.3) is 0 Å². The van der Waals surface area contributed by atoms with E-state index in [1.807, 2.05) is 42.0 Å². The average molecular weight is 491 g/mol. The maximum Gasteiger partial charge on any atom is 0.137 e. The van der Waals surface area contributed by atoms with Crippen molar-refractivity contribution in [3.8, 4) is 5.75 Å². The minimum atomic E-state index is -0.308. The van der Waals surface area contributed by atoms with Crippen LogP contribution in [0.2, 0.25) is 5.02 Å². The maximum atomic E-state index is 12.5. The number of benzene rings is 1. The number of nitrogens with zero attached hydrogens (tertiary/aromatic N) is 4. The summed E-state index contributed by atoms with van der Waals surface area (Å²) in [7, 11) is 1.98. The normalized spacial score (nSPS) is 13.9. The minimum Gasteiger partial charge on any atom is -0.508 e. The van der Waals surface area contributed by atoms with E-state index in [4.69, 9.17) is 16.6 Å². The highest BCUT2D eigenvalue weighted by atomic mass is 35.5. The average Bonchev–Trinajstić information content (AvgIpc) is 3.15. The van der Waals surface area contributed by atoms with E-state index in [0.717, 1.165) is 58.4 Å². The fourth-order valence-electron chi connectivity index (χ4n) is 4.94. The summed E-state index contributed by atoms with van der Waals surface area (Å²) in [6.45, 7) is 1.05. The van der Waals surface area contributed by atoms with E-state index >= 15 is 0 Å². The number of rotatable bonds is 7. The van der Waals surface area contributed by atoms with Crippen molar-refractivity contribution in [3.63, 3.8) is 0 Å². The summed E-state index contributed by atoms with van der Waals surface area (Å²) in [6.07, 6.45) is 10.7. The molecule has 0 fully saturated rings. The number of hydrogen-bond donors (Lipinski definition) is 1. The summed E-state index contributed by atoms with van der Waals surface area (Å²) in [5, 5.41) is 10.8. The van der Waals surface area contributed by atoms with Gasteiger partial charge in [-0.15, -0.1) is 0 Å². The van der Waals surface area contributed by atoms with Crippen LogP contribution in [0.5, 0.6) is 5.75 Å². The lowest BCUT2D eigenvalue weighted by Gasteiger charge is -2.17. The fourth-order valence-corrected chi connectivity index (χ4v) is 5.18. The first-order valence-electron chi connectivity index (χ1n) is 11.9. The van der Waals surface area contributed by atoms with Gasteiger partial charge in [0.2, 0.25) is 0 Å². The standard InChI is InChI=1S/C28H28ClFN4O/c1-33(12-3-10-30)17-21-18-34-13-9-20(15-27(34)32-21)28-23-7-6-22(35)14-19(23)4-2-5-25(28)24-8-11-31-16-26(24)29/h6-9,11,13-16,18,35H,2-5,10,12,17H2,1H3. The molecule has 0 unspecified atom stereocenters. The highest BCUT2D eigenvalue weighted by Gasteiger charge is 2.22. The molecule has 35 heavy (non-hydrogen) atoms. The van der Waals surface area contributed by atoms with E-state index in [2.05, 4.69) is 22.0 Å². The molecule has 0 bridgehead atoms. The first-order valence-corrected chi connectivity index (χ1v) is 12.3. The zero-order valence-electron chi connectivity index (χ0n) is 19.7. The van der Waals surface area contributed by atoms with Crippen LogP contribution in [0.1, 0.15) is 47.2 Å². The number of aromatic nitrogens is 3. The molecule has 1 aromatic carbocycles. The molecule has 7 heteroatoms. The molecular weight excluding hydrogens is 463 g/mol. The van der Waals surface area contributed by atoms with Crippen molar-refractivity contribution in [1.29, 1.82) is 0 Å². The molecule has 0 saturated heterocycles. The van der Waals surface area contributed by atoms with Gasteiger partial charge in [0.15, 0.2) is 0 Å². The van der Waals surface area contributed by atoms with Crippen molar-refractivity contribution in [2.75, 3.05) is 20.3 Å². The number of fused-ring (bicyclic) bond motifs is 2. The molecule has 3 heterocycles. The largest absolute Gasteiger partial charge is 0.508 e. The van der Waals surface area contributed by atoms with Crippen LogP contribution in [0.3, 0.4) is 0 Å². The van der Waals surface area contributed by atoms with Gasteiger partial charge in [-0.25, -0.2) is 4.98 Å². The molecule has 1 N–H and O–H groups in total.